The van der Waals surface area contributed by atoms with Gasteiger partial charge in [0.1, 0.15) is 29.5 Å². The molecule has 0 saturated carbocycles. The van der Waals surface area contributed by atoms with E-state index in [2.05, 4.69) is 15.4 Å². The molecule has 0 unspecified atom stereocenters. The van der Waals surface area contributed by atoms with Crippen LogP contribution in [0.3, 0.4) is 0 Å². The molecule has 0 aliphatic carbocycles. The molecule has 188 valence electrons. The van der Waals surface area contributed by atoms with E-state index in [4.69, 9.17) is 9.47 Å². The van der Waals surface area contributed by atoms with Crippen LogP contribution in [0.25, 0.3) is 5.69 Å². The van der Waals surface area contributed by atoms with E-state index in [0.717, 1.165) is 10.6 Å². The van der Waals surface area contributed by atoms with Crippen molar-refractivity contribution in [2.24, 2.45) is 7.05 Å². The second-order valence-corrected chi connectivity index (χ2v) is 7.40. The van der Waals surface area contributed by atoms with Crippen molar-refractivity contribution in [2.75, 3.05) is 12.4 Å². The summed E-state index contributed by atoms with van der Waals surface area (Å²) < 4.78 is 66.2. The first-order valence-electron chi connectivity index (χ1n) is 10.0. The summed E-state index contributed by atoms with van der Waals surface area (Å²) in [5, 5.41) is 15.5. The number of aryl methyl sites for hydroxylation is 1. The highest BCUT2D eigenvalue weighted by Crippen LogP contribution is 2.32. The minimum Gasteiger partial charge on any atom is -0.480 e. The van der Waals surface area contributed by atoms with Crippen molar-refractivity contribution in [3.8, 4) is 17.3 Å². The molecule has 0 radical (unpaired) electrons. The number of methoxy groups -OCH3 is 1. The summed E-state index contributed by atoms with van der Waals surface area (Å²) in [6.07, 6.45) is -5.77. The Balaban J connectivity index is 2.15. The predicted octanol–water partition coefficient (Wildman–Crippen LogP) is 2.50. The molecule has 0 aliphatic rings. The van der Waals surface area contributed by atoms with E-state index in [1.807, 2.05) is 0 Å². The number of alkyl halides is 3. The average Bonchev–Trinajstić information content (AvgIpc) is 3.08. The van der Waals surface area contributed by atoms with E-state index >= 15 is 4.39 Å². The number of ether oxygens (including phenoxy) is 2. The van der Waals surface area contributed by atoms with Crippen molar-refractivity contribution in [3.63, 3.8) is 0 Å². The SMILES string of the molecule is COc1nccc(C)c1NC(=O)c1cc(F)c(-n2nc(CO)n(C)c2=O)cc1O[C@@H](C)C(F)(F)F. The summed E-state index contributed by atoms with van der Waals surface area (Å²) in [5.41, 5.74) is -1.41. The van der Waals surface area contributed by atoms with Gasteiger partial charge in [-0.25, -0.2) is 14.2 Å². The number of nitrogens with zero attached hydrogens (tertiary/aromatic N) is 4. The molecule has 35 heavy (non-hydrogen) atoms. The van der Waals surface area contributed by atoms with Crippen molar-refractivity contribution in [1.82, 2.24) is 19.3 Å². The number of anilines is 1. The van der Waals surface area contributed by atoms with Gasteiger partial charge in [-0.1, -0.05) is 0 Å². The van der Waals surface area contributed by atoms with E-state index in [1.54, 1.807) is 13.0 Å². The minimum absolute atomic E-state index is 0.0261. The number of pyridine rings is 1. The van der Waals surface area contributed by atoms with Gasteiger partial charge in [0.25, 0.3) is 5.91 Å². The van der Waals surface area contributed by atoms with Gasteiger partial charge >= 0.3 is 11.9 Å². The zero-order valence-electron chi connectivity index (χ0n) is 19.0. The van der Waals surface area contributed by atoms with Crippen molar-refractivity contribution >= 4 is 11.6 Å². The molecule has 0 aliphatic heterocycles. The lowest BCUT2D eigenvalue weighted by Gasteiger charge is -2.21. The fourth-order valence-corrected chi connectivity index (χ4v) is 3.03. The second-order valence-electron chi connectivity index (χ2n) is 7.40. The third-order valence-corrected chi connectivity index (χ3v) is 5.06. The first-order valence-corrected chi connectivity index (χ1v) is 10.0. The zero-order chi connectivity index (χ0) is 26.1. The van der Waals surface area contributed by atoms with Crippen molar-refractivity contribution in [1.29, 1.82) is 0 Å². The Morgan fingerprint density at radius 2 is 2.00 bits per heavy atom. The molecule has 0 spiro atoms. The summed E-state index contributed by atoms with van der Waals surface area (Å²) in [6, 6.07) is 2.94. The van der Waals surface area contributed by atoms with Gasteiger partial charge in [-0.3, -0.25) is 9.36 Å². The maximum Gasteiger partial charge on any atom is 0.425 e. The normalized spacial score (nSPS) is 12.4. The molecule has 14 heteroatoms. The van der Waals surface area contributed by atoms with Crippen LogP contribution in [0.15, 0.2) is 29.2 Å². The Morgan fingerprint density at radius 3 is 2.57 bits per heavy atom. The summed E-state index contributed by atoms with van der Waals surface area (Å²) >= 11 is 0. The number of aromatic nitrogens is 4. The standard InChI is InChI=1S/C21H21F4N5O5/c1-10-5-6-26-19(34-4)17(10)27-18(32)12-7-13(22)14(8-15(12)35-11(2)21(23,24)25)30-20(33)29(3)16(9-31)28-30/h5-8,11,31H,9H2,1-4H3,(H,27,32)/t11-/m0/s1. The molecule has 1 atom stereocenters. The van der Waals surface area contributed by atoms with Crippen LogP contribution in [0.5, 0.6) is 11.6 Å². The van der Waals surface area contributed by atoms with Crippen LogP contribution in [-0.4, -0.2) is 49.7 Å². The number of amides is 1. The largest absolute Gasteiger partial charge is 0.480 e. The van der Waals surface area contributed by atoms with Crippen LogP contribution >= 0.6 is 0 Å². The Hall–Kier alpha value is -3.94. The van der Waals surface area contributed by atoms with Gasteiger partial charge in [0.2, 0.25) is 5.88 Å². The minimum atomic E-state index is -4.81. The van der Waals surface area contributed by atoms with E-state index < -0.39 is 53.3 Å². The van der Waals surface area contributed by atoms with E-state index in [-0.39, 0.29) is 17.4 Å². The van der Waals surface area contributed by atoms with Crippen LogP contribution < -0.4 is 20.5 Å². The first-order chi connectivity index (χ1) is 16.4. The molecule has 2 N–H and O–H groups in total. The second kappa shape index (κ2) is 9.74. The quantitative estimate of drug-likeness (QED) is 0.479. The zero-order valence-corrected chi connectivity index (χ0v) is 19.0. The number of carbonyl (C=O) groups excluding carboxylic acids is 1. The summed E-state index contributed by atoms with van der Waals surface area (Å²) in [6.45, 7) is 1.68. The lowest BCUT2D eigenvalue weighted by Crippen LogP contribution is -2.32. The molecule has 0 bridgehead atoms. The molecular formula is C21H21F4N5O5. The summed E-state index contributed by atoms with van der Waals surface area (Å²) in [5.74, 6) is -2.92. The molecular weight excluding hydrogens is 478 g/mol. The van der Waals surface area contributed by atoms with E-state index in [9.17, 15) is 27.9 Å². The third-order valence-electron chi connectivity index (χ3n) is 5.06. The molecule has 2 heterocycles. The van der Waals surface area contributed by atoms with Gasteiger partial charge in [0, 0.05) is 19.3 Å². The number of hydrogen-bond acceptors (Lipinski definition) is 7. The topological polar surface area (TPSA) is 120 Å². The number of rotatable bonds is 7. The molecule has 2 aromatic heterocycles. The molecule has 1 amide bonds. The van der Waals surface area contributed by atoms with Gasteiger partial charge in [0.15, 0.2) is 11.9 Å². The van der Waals surface area contributed by atoms with Gasteiger partial charge in [-0.2, -0.15) is 17.9 Å². The average molecular weight is 499 g/mol. The van der Waals surface area contributed by atoms with Crippen LogP contribution in [0.1, 0.15) is 28.7 Å². The molecule has 3 rings (SSSR count). The number of halogens is 4. The summed E-state index contributed by atoms with van der Waals surface area (Å²) in [7, 11) is 2.57. The highest BCUT2D eigenvalue weighted by Gasteiger charge is 2.39. The van der Waals surface area contributed by atoms with Gasteiger partial charge in [0.05, 0.1) is 12.7 Å². The maximum atomic E-state index is 15.1. The lowest BCUT2D eigenvalue weighted by atomic mass is 10.1. The fourth-order valence-electron chi connectivity index (χ4n) is 3.03. The fraction of sp³-hybridized carbons (Fsp3) is 0.333. The highest BCUT2D eigenvalue weighted by atomic mass is 19.4. The number of nitrogens with one attached hydrogen (secondary N) is 1. The van der Waals surface area contributed by atoms with Crippen LogP contribution in [0, 0.1) is 12.7 Å². The molecule has 0 fully saturated rings. The smallest absolute Gasteiger partial charge is 0.425 e. The number of aliphatic hydroxyl groups is 1. The van der Waals surface area contributed by atoms with Crippen LogP contribution in [0.2, 0.25) is 0 Å². The summed E-state index contributed by atoms with van der Waals surface area (Å²) in [4.78, 5) is 29.4. The van der Waals surface area contributed by atoms with Crippen LogP contribution in [-0.2, 0) is 13.7 Å². The van der Waals surface area contributed by atoms with Gasteiger partial charge < -0.3 is 19.9 Å². The van der Waals surface area contributed by atoms with Crippen molar-refractivity contribution < 1.29 is 36.9 Å². The number of hydrogen-bond donors (Lipinski definition) is 2. The third kappa shape index (κ3) is 5.11. The van der Waals surface area contributed by atoms with Crippen LogP contribution in [0.4, 0.5) is 23.2 Å². The Bertz CT molecular complexity index is 1320. The number of aliphatic hydroxyl groups excluding tert-OH is 1. The Kier molecular flexibility index (Phi) is 7.14. The number of benzene rings is 1. The van der Waals surface area contributed by atoms with Gasteiger partial charge in [-0.05, 0) is 31.5 Å². The number of carbonyl (C=O) groups is 1. The maximum absolute atomic E-state index is 15.1. The van der Waals surface area contributed by atoms with Gasteiger partial charge in [-0.15, -0.1) is 5.10 Å². The molecule has 0 saturated heterocycles. The van der Waals surface area contributed by atoms with E-state index in [0.29, 0.717) is 23.2 Å². The monoisotopic (exact) mass is 499 g/mol. The van der Waals surface area contributed by atoms with Crippen molar-refractivity contribution in [2.45, 2.75) is 32.7 Å². The van der Waals surface area contributed by atoms with E-state index in [1.165, 1.54) is 20.4 Å². The first kappa shape index (κ1) is 25.7. The van der Waals surface area contributed by atoms with Crippen molar-refractivity contribution in [3.05, 3.63) is 57.6 Å². The molecule has 10 nitrogen and oxygen atoms in total. The Morgan fingerprint density at radius 1 is 1.31 bits per heavy atom. The highest BCUT2D eigenvalue weighted by molar-refractivity contribution is 6.07. The molecule has 3 aromatic rings. The predicted molar refractivity (Wildman–Crippen MR) is 114 cm³/mol. The molecule has 1 aromatic carbocycles. The Labute approximate surface area is 195 Å². The lowest BCUT2D eigenvalue weighted by molar-refractivity contribution is -0.189.